The molecule has 1 aromatic rings. The van der Waals surface area contributed by atoms with Crippen molar-refractivity contribution in [2.45, 2.75) is 25.8 Å². The second kappa shape index (κ2) is 8.16. The largest absolute Gasteiger partial charge is 0.493 e. The first kappa shape index (κ1) is 16.0. The number of carboxylic acids is 1. The zero-order chi connectivity index (χ0) is 15.0. The lowest BCUT2D eigenvalue weighted by atomic mass is 10.2. The summed E-state index contributed by atoms with van der Waals surface area (Å²) in [5, 5.41) is 19.7. The van der Waals surface area contributed by atoms with Gasteiger partial charge in [0, 0.05) is 6.42 Å². The molecule has 0 fully saturated rings. The smallest absolute Gasteiger partial charge is 0.328 e. The number of carbonyl (C=O) groups excluding carboxylic acids is 1. The van der Waals surface area contributed by atoms with Gasteiger partial charge in [-0.1, -0.05) is 18.2 Å². The number of aliphatic hydroxyl groups excluding tert-OH is 1. The quantitative estimate of drug-likeness (QED) is 0.610. The number of para-hydroxylation sites is 1. The lowest BCUT2D eigenvalue weighted by molar-refractivity contribution is -0.142. The molecule has 0 spiro atoms. The van der Waals surface area contributed by atoms with Gasteiger partial charge in [-0.2, -0.15) is 0 Å². The third-order valence-corrected chi connectivity index (χ3v) is 2.72. The zero-order valence-electron chi connectivity index (χ0n) is 11.3. The first-order chi connectivity index (χ1) is 9.54. The molecular formula is C14H19NO5. The molecule has 0 bridgehead atoms. The Kier molecular flexibility index (Phi) is 6.52. The number of hydrogen-bond donors (Lipinski definition) is 3. The fraction of sp³-hybridized carbons (Fsp3) is 0.429. The third-order valence-electron chi connectivity index (χ3n) is 2.72. The highest BCUT2D eigenvalue weighted by Gasteiger charge is 2.18. The van der Waals surface area contributed by atoms with Gasteiger partial charge in [0.05, 0.1) is 13.2 Å². The van der Waals surface area contributed by atoms with E-state index in [0.29, 0.717) is 13.0 Å². The van der Waals surface area contributed by atoms with E-state index >= 15 is 0 Å². The van der Waals surface area contributed by atoms with Gasteiger partial charge in [-0.25, -0.2) is 4.79 Å². The number of aliphatic carboxylic acids is 1. The van der Waals surface area contributed by atoms with E-state index in [1.807, 2.05) is 31.2 Å². The monoisotopic (exact) mass is 281 g/mol. The molecule has 1 aromatic carbocycles. The van der Waals surface area contributed by atoms with E-state index in [1.165, 1.54) is 0 Å². The standard InChI is InChI=1S/C14H19NO5/c1-10-5-2-3-6-12(10)20-8-4-7-13(17)15-11(9-16)14(18)19/h2-3,5-6,11,16H,4,7-9H2,1H3,(H,15,17)(H,18,19)/t11-/m0/s1. The third kappa shape index (κ3) is 5.27. The minimum atomic E-state index is -1.25. The summed E-state index contributed by atoms with van der Waals surface area (Å²) in [6.45, 7) is 1.68. The van der Waals surface area contributed by atoms with Gasteiger partial charge >= 0.3 is 5.97 Å². The molecule has 0 heterocycles. The van der Waals surface area contributed by atoms with Crippen molar-refractivity contribution in [3.63, 3.8) is 0 Å². The molecule has 0 aliphatic carbocycles. The summed E-state index contributed by atoms with van der Waals surface area (Å²) in [6.07, 6.45) is 0.619. The number of carbonyl (C=O) groups is 2. The molecular weight excluding hydrogens is 262 g/mol. The van der Waals surface area contributed by atoms with Gasteiger partial charge in [-0.05, 0) is 25.0 Å². The molecule has 1 amide bonds. The second-order valence-electron chi connectivity index (χ2n) is 4.36. The molecule has 0 aromatic heterocycles. The number of aliphatic hydroxyl groups is 1. The molecule has 0 saturated heterocycles. The number of benzene rings is 1. The maximum Gasteiger partial charge on any atom is 0.328 e. The number of hydrogen-bond acceptors (Lipinski definition) is 4. The Morgan fingerprint density at radius 1 is 1.35 bits per heavy atom. The molecule has 0 saturated carbocycles. The van der Waals surface area contributed by atoms with Crippen molar-refractivity contribution in [3.05, 3.63) is 29.8 Å². The van der Waals surface area contributed by atoms with Crippen LogP contribution in [0.15, 0.2) is 24.3 Å². The van der Waals surface area contributed by atoms with E-state index in [4.69, 9.17) is 14.9 Å². The van der Waals surface area contributed by atoms with E-state index in [0.717, 1.165) is 11.3 Å². The van der Waals surface area contributed by atoms with Crippen LogP contribution in [0.4, 0.5) is 0 Å². The van der Waals surface area contributed by atoms with E-state index in [1.54, 1.807) is 0 Å². The topological polar surface area (TPSA) is 95.9 Å². The first-order valence-electron chi connectivity index (χ1n) is 6.36. The number of amides is 1. The summed E-state index contributed by atoms with van der Waals surface area (Å²) >= 11 is 0. The maximum absolute atomic E-state index is 11.5. The van der Waals surface area contributed by atoms with E-state index in [9.17, 15) is 9.59 Å². The highest BCUT2D eigenvalue weighted by molar-refractivity contribution is 5.83. The summed E-state index contributed by atoms with van der Waals surface area (Å²) in [4.78, 5) is 22.1. The zero-order valence-corrected chi connectivity index (χ0v) is 11.3. The molecule has 0 aliphatic rings. The van der Waals surface area contributed by atoms with Gasteiger partial charge in [-0.15, -0.1) is 0 Å². The summed E-state index contributed by atoms with van der Waals surface area (Å²) in [6, 6.07) is 6.31. The average molecular weight is 281 g/mol. The van der Waals surface area contributed by atoms with E-state index < -0.39 is 24.5 Å². The predicted octanol–water partition coefficient (Wildman–Crippen LogP) is 0.716. The molecule has 0 radical (unpaired) electrons. The van der Waals surface area contributed by atoms with Crippen LogP contribution in [0, 0.1) is 6.92 Å². The van der Waals surface area contributed by atoms with E-state index in [2.05, 4.69) is 5.32 Å². The van der Waals surface area contributed by atoms with Gasteiger partial charge in [0.25, 0.3) is 0 Å². The van der Waals surface area contributed by atoms with Crippen molar-refractivity contribution in [1.29, 1.82) is 0 Å². The number of nitrogens with one attached hydrogen (secondary N) is 1. The van der Waals surface area contributed by atoms with Crippen LogP contribution >= 0.6 is 0 Å². The van der Waals surface area contributed by atoms with Crippen LogP contribution in [-0.4, -0.2) is 41.3 Å². The van der Waals surface area contributed by atoms with Crippen LogP contribution in [0.5, 0.6) is 5.75 Å². The molecule has 20 heavy (non-hydrogen) atoms. The number of aryl methyl sites for hydroxylation is 1. The van der Waals surface area contributed by atoms with E-state index in [-0.39, 0.29) is 6.42 Å². The highest BCUT2D eigenvalue weighted by atomic mass is 16.5. The Hall–Kier alpha value is -2.08. The van der Waals surface area contributed by atoms with Gasteiger partial charge in [0.2, 0.25) is 5.91 Å². The van der Waals surface area contributed by atoms with Gasteiger partial charge in [-0.3, -0.25) is 4.79 Å². The van der Waals surface area contributed by atoms with Crippen molar-refractivity contribution >= 4 is 11.9 Å². The molecule has 0 unspecified atom stereocenters. The Labute approximate surface area is 117 Å². The van der Waals surface area contributed by atoms with Crippen LogP contribution in [0.1, 0.15) is 18.4 Å². The molecule has 1 atom stereocenters. The number of ether oxygens (including phenoxy) is 1. The van der Waals surface area contributed by atoms with Crippen molar-refractivity contribution in [2.75, 3.05) is 13.2 Å². The molecule has 110 valence electrons. The summed E-state index contributed by atoms with van der Waals surface area (Å²) in [7, 11) is 0. The minimum Gasteiger partial charge on any atom is -0.493 e. The van der Waals surface area contributed by atoms with Gasteiger partial charge < -0.3 is 20.3 Å². The molecule has 1 rings (SSSR count). The Morgan fingerprint density at radius 3 is 2.65 bits per heavy atom. The fourth-order valence-electron chi connectivity index (χ4n) is 1.59. The van der Waals surface area contributed by atoms with Crippen LogP contribution in [0.3, 0.4) is 0 Å². The Bertz CT molecular complexity index is 461. The van der Waals surface area contributed by atoms with Crippen molar-refractivity contribution < 1.29 is 24.5 Å². The number of carboxylic acid groups (broad SMARTS) is 1. The predicted molar refractivity (Wildman–Crippen MR) is 72.6 cm³/mol. The number of rotatable bonds is 8. The van der Waals surface area contributed by atoms with Crippen LogP contribution in [0.2, 0.25) is 0 Å². The minimum absolute atomic E-state index is 0.148. The highest BCUT2D eigenvalue weighted by Crippen LogP contribution is 2.16. The average Bonchev–Trinajstić information content (AvgIpc) is 2.42. The fourth-order valence-corrected chi connectivity index (χ4v) is 1.59. The van der Waals surface area contributed by atoms with Crippen molar-refractivity contribution in [3.8, 4) is 5.75 Å². The summed E-state index contributed by atoms with van der Waals surface area (Å²) < 4.78 is 5.52. The first-order valence-corrected chi connectivity index (χ1v) is 6.36. The maximum atomic E-state index is 11.5. The summed E-state index contributed by atoms with van der Waals surface area (Å²) in [5.74, 6) is -0.900. The van der Waals surface area contributed by atoms with Crippen molar-refractivity contribution in [1.82, 2.24) is 5.32 Å². The lowest BCUT2D eigenvalue weighted by Crippen LogP contribution is -2.43. The van der Waals surface area contributed by atoms with Crippen molar-refractivity contribution in [2.24, 2.45) is 0 Å². The SMILES string of the molecule is Cc1ccccc1OCCCC(=O)N[C@@H](CO)C(=O)O. The Morgan fingerprint density at radius 2 is 2.05 bits per heavy atom. The lowest BCUT2D eigenvalue weighted by Gasteiger charge is -2.12. The molecule has 0 aliphatic heterocycles. The van der Waals surface area contributed by atoms with Crippen LogP contribution < -0.4 is 10.1 Å². The van der Waals surface area contributed by atoms with Gasteiger partial charge in [0.1, 0.15) is 11.8 Å². The van der Waals surface area contributed by atoms with Crippen LogP contribution in [-0.2, 0) is 9.59 Å². The molecule has 6 heteroatoms. The Balaban J connectivity index is 2.26. The second-order valence-corrected chi connectivity index (χ2v) is 4.36. The molecule has 6 nitrogen and oxygen atoms in total. The summed E-state index contributed by atoms with van der Waals surface area (Å²) in [5.41, 5.74) is 1.02. The van der Waals surface area contributed by atoms with Crippen LogP contribution in [0.25, 0.3) is 0 Å². The van der Waals surface area contributed by atoms with Gasteiger partial charge in [0.15, 0.2) is 0 Å². The molecule has 3 N–H and O–H groups in total. The normalized spacial score (nSPS) is 11.7.